The molecule has 2 N–H and O–H groups in total. The molecule has 35 heavy (non-hydrogen) atoms. The molecule has 11 heteroatoms. The van der Waals surface area contributed by atoms with Gasteiger partial charge in [0.25, 0.3) is 5.91 Å². The van der Waals surface area contributed by atoms with E-state index in [1.54, 1.807) is 26.2 Å². The van der Waals surface area contributed by atoms with Gasteiger partial charge in [-0.1, -0.05) is 30.3 Å². The summed E-state index contributed by atoms with van der Waals surface area (Å²) in [5.74, 6) is -0.769. The van der Waals surface area contributed by atoms with Gasteiger partial charge in [0.1, 0.15) is 18.0 Å². The highest BCUT2D eigenvalue weighted by Gasteiger charge is 2.21. The number of methoxy groups -OCH3 is 1. The Kier molecular flexibility index (Phi) is 7.36. The quantitative estimate of drug-likeness (QED) is 0.343. The minimum absolute atomic E-state index is 0.0927. The van der Waals surface area contributed by atoms with Crippen LogP contribution in [0.5, 0.6) is 5.75 Å². The van der Waals surface area contributed by atoms with E-state index in [1.807, 2.05) is 36.4 Å². The molecule has 0 bridgehead atoms. The second kappa shape index (κ2) is 10.8. The Morgan fingerprint density at radius 3 is 2.60 bits per heavy atom. The predicted octanol–water partition coefficient (Wildman–Crippen LogP) is 3.25. The van der Waals surface area contributed by atoms with E-state index in [-0.39, 0.29) is 36.4 Å². The number of rotatable bonds is 9. The van der Waals surface area contributed by atoms with Crippen molar-refractivity contribution in [1.29, 1.82) is 0 Å². The summed E-state index contributed by atoms with van der Waals surface area (Å²) in [6.07, 6.45) is 1.42. The van der Waals surface area contributed by atoms with Crippen LogP contribution in [0.2, 0.25) is 0 Å². The molecule has 0 fully saturated rings. The molecule has 2 amide bonds. The first kappa shape index (κ1) is 23.9. The number of hydrogen-bond donors (Lipinski definition) is 2. The molecule has 2 aromatic carbocycles. The largest absolute Gasteiger partial charge is 0.497 e. The molecule has 4 aromatic rings. The summed E-state index contributed by atoms with van der Waals surface area (Å²) in [6, 6.07) is 14.7. The number of carbonyl (C=O) groups excluding carboxylic acids is 3. The topological polar surface area (TPSA) is 124 Å². The van der Waals surface area contributed by atoms with Gasteiger partial charge in [-0.2, -0.15) is 4.37 Å². The average molecular weight is 494 g/mol. The summed E-state index contributed by atoms with van der Waals surface area (Å²) in [6.45, 7) is 1.92. The molecule has 0 saturated heterocycles. The standard InChI is InChI=1S/C24H23N5O5S/c1-3-34-24(32)22-26-19(27-23(31)21-17-6-4-5-7-18(17)35-28-21)13-29(22)14-20(30)25-12-15-8-10-16(33-2)11-9-15/h4-11,13H,3,12,14H2,1-2H3,(H,25,30)(H,27,31). The number of imidazole rings is 1. The van der Waals surface area contributed by atoms with Crippen LogP contribution in [0.3, 0.4) is 0 Å². The molecule has 0 aliphatic carbocycles. The third kappa shape index (κ3) is 5.64. The third-order valence-electron chi connectivity index (χ3n) is 5.03. The molecule has 4 rings (SSSR count). The maximum absolute atomic E-state index is 12.8. The Hall–Kier alpha value is -4.25. The van der Waals surface area contributed by atoms with Crippen molar-refractivity contribution < 1.29 is 23.9 Å². The van der Waals surface area contributed by atoms with E-state index in [2.05, 4.69) is 20.0 Å². The summed E-state index contributed by atoms with van der Waals surface area (Å²) in [5, 5.41) is 6.18. The number of aromatic nitrogens is 3. The monoisotopic (exact) mass is 493 g/mol. The molecule has 0 atom stereocenters. The van der Waals surface area contributed by atoms with Gasteiger partial charge in [0.05, 0.1) is 18.4 Å². The summed E-state index contributed by atoms with van der Waals surface area (Å²) in [4.78, 5) is 42.0. The van der Waals surface area contributed by atoms with E-state index in [1.165, 1.54) is 22.3 Å². The van der Waals surface area contributed by atoms with Crippen LogP contribution in [-0.2, 0) is 22.6 Å². The Morgan fingerprint density at radius 2 is 1.86 bits per heavy atom. The van der Waals surface area contributed by atoms with Gasteiger partial charge < -0.3 is 24.7 Å². The molecule has 0 spiro atoms. The lowest BCUT2D eigenvalue weighted by atomic mass is 10.2. The zero-order valence-electron chi connectivity index (χ0n) is 19.1. The fourth-order valence-electron chi connectivity index (χ4n) is 3.34. The number of nitrogens with one attached hydrogen (secondary N) is 2. The number of nitrogens with zero attached hydrogens (tertiary/aromatic N) is 3. The van der Waals surface area contributed by atoms with Crippen molar-refractivity contribution in [2.45, 2.75) is 20.0 Å². The first-order valence-electron chi connectivity index (χ1n) is 10.8. The average Bonchev–Trinajstić information content (AvgIpc) is 3.47. The summed E-state index contributed by atoms with van der Waals surface area (Å²) in [7, 11) is 1.58. The van der Waals surface area contributed by atoms with Crippen molar-refractivity contribution in [1.82, 2.24) is 19.2 Å². The first-order valence-corrected chi connectivity index (χ1v) is 11.6. The zero-order valence-corrected chi connectivity index (χ0v) is 19.9. The van der Waals surface area contributed by atoms with Crippen LogP contribution in [0.1, 0.15) is 33.6 Å². The van der Waals surface area contributed by atoms with Gasteiger partial charge in [0, 0.05) is 18.1 Å². The highest BCUT2D eigenvalue weighted by atomic mass is 32.1. The van der Waals surface area contributed by atoms with Crippen molar-refractivity contribution in [3.8, 4) is 5.75 Å². The van der Waals surface area contributed by atoms with Crippen LogP contribution in [-0.4, -0.2) is 45.4 Å². The van der Waals surface area contributed by atoms with Gasteiger partial charge in [0.15, 0.2) is 5.82 Å². The predicted molar refractivity (Wildman–Crippen MR) is 131 cm³/mol. The lowest BCUT2D eigenvalue weighted by molar-refractivity contribution is -0.121. The van der Waals surface area contributed by atoms with Gasteiger partial charge in [-0.05, 0) is 42.2 Å². The van der Waals surface area contributed by atoms with Crippen LogP contribution >= 0.6 is 11.5 Å². The highest BCUT2D eigenvalue weighted by molar-refractivity contribution is 7.13. The van der Waals surface area contributed by atoms with E-state index >= 15 is 0 Å². The Labute approximate surface area is 205 Å². The summed E-state index contributed by atoms with van der Waals surface area (Å²) >= 11 is 1.22. The third-order valence-corrected chi connectivity index (χ3v) is 5.86. The first-order chi connectivity index (χ1) is 17.0. The fraction of sp³-hybridized carbons (Fsp3) is 0.208. The van der Waals surface area contributed by atoms with Crippen LogP contribution in [0.4, 0.5) is 5.82 Å². The number of benzene rings is 2. The Bertz CT molecular complexity index is 1360. The van der Waals surface area contributed by atoms with E-state index in [0.29, 0.717) is 6.54 Å². The van der Waals surface area contributed by atoms with Crippen LogP contribution in [0, 0.1) is 0 Å². The zero-order chi connectivity index (χ0) is 24.8. The van der Waals surface area contributed by atoms with Gasteiger partial charge in [0.2, 0.25) is 11.7 Å². The molecule has 0 aliphatic heterocycles. The van der Waals surface area contributed by atoms with Gasteiger partial charge in [-0.15, -0.1) is 0 Å². The maximum atomic E-state index is 12.8. The molecule has 0 saturated carbocycles. The second-order valence-electron chi connectivity index (χ2n) is 7.40. The Balaban J connectivity index is 1.47. The Morgan fingerprint density at radius 1 is 1.09 bits per heavy atom. The minimum Gasteiger partial charge on any atom is -0.497 e. The smallest absolute Gasteiger partial charge is 0.374 e. The van der Waals surface area contributed by atoms with Crippen molar-refractivity contribution >= 4 is 45.2 Å². The number of ether oxygens (including phenoxy) is 2. The maximum Gasteiger partial charge on any atom is 0.374 e. The van der Waals surface area contributed by atoms with E-state index < -0.39 is 11.9 Å². The lowest BCUT2D eigenvalue weighted by Gasteiger charge is -2.09. The number of fused-ring (bicyclic) bond motifs is 1. The lowest BCUT2D eigenvalue weighted by Crippen LogP contribution is -2.28. The van der Waals surface area contributed by atoms with E-state index in [4.69, 9.17) is 9.47 Å². The molecule has 180 valence electrons. The molecule has 2 heterocycles. The number of anilines is 1. The van der Waals surface area contributed by atoms with Gasteiger partial charge in [-0.3, -0.25) is 9.59 Å². The molecule has 0 aliphatic rings. The van der Waals surface area contributed by atoms with Crippen molar-refractivity contribution in [3.05, 3.63) is 71.8 Å². The molecule has 0 radical (unpaired) electrons. The normalized spacial score (nSPS) is 10.7. The number of amides is 2. The van der Waals surface area contributed by atoms with Gasteiger partial charge >= 0.3 is 5.97 Å². The van der Waals surface area contributed by atoms with E-state index in [9.17, 15) is 14.4 Å². The second-order valence-corrected chi connectivity index (χ2v) is 8.21. The number of carbonyl (C=O) groups is 3. The highest BCUT2D eigenvalue weighted by Crippen LogP contribution is 2.23. The van der Waals surface area contributed by atoms with Gasteiger partial charge in [-0.25, -0.2) is 9.78 Å². The molecular formula is C24H23N5O5S. The van der Waals surface area contributed by atoms with Crippen LogP contribution in [0.25, 0.3) is 10.1 Å². The van der Waals surface area contributed by atoms with Crippen LogP contribution < -0.4 is 15.4 Å². The molecule has 10 nitrogen and oxygen atoms in total. The van der Waals surface area contributed by atoms with Crippen molar-refractivity contribution in [2.24, 2.45) is 0 Å². The molecular weight excluding hydrogens is 470 g/mol. The minimum atomic E-state index is -0.699. The summed E-state index contributed by atoms with van der Waals surface area (Å²) in [5.41, 5.74) is 1.15. The number of esters is 1. The van der Waals surface area contributed by atoms with Crippen molar-refractivity contribution in [2.75, 3.05) is 19.0 Å². The van der Waals surface area contributed by atoms with Crippen LogP contribution in [0.15, 0.2) is 54.7 Å². The number of hydrogen-bond acceptors (Lipinski definition) is 8. The fourth-order valence-corrected chi connectivity index (χ4v) is 4.11. The molecule has 2 aromatic heterocycles. The molecule has 0 unspecified atom stereocenters. The van der Waals surface area contributed by atoms with E-state index in [0.717, 1.165) is 21.4 Å². The van der Waals surface area contributed by atoms with Crippen molar-refractivity contribution in [3.63, 3.8) is 0 Å². The summed E-state index contributed by atoms with van der Waals surface area (Å²) < 4.78 is 16.6. The SMILES string of the molecule is CCOC(=O)c1nc(NC(=O)c2nsc3ccccc23)cn1CC(=O)NCc1ccc(OC)cc1.